The minimum atomic E-state index is -0.358. The second-order valence-electron chi connectivity index (χ2n) is 6.57. The maximum absolute atomic E-state index is 11.4. The van der Waals surface area contributed by atoms with Gasteiger partial charge in [0, 0.05) is 37.4 Å². The summed E-state index contributed by atoms with van der Waals surface area (Å²) in [4.78, 5) is 11.4. The molecule has 0 aromatic heterocycles. The van der Waals surface area contributed by atoms with Crippen LogP contribution in [0.1, 0.15) is 19.3 Å². The number of hydrogen-bond donors (Lipinski definition) is 2. The number of ether oxygens (including phenoxy) is 2. The highest BCUT2D eigenvalue weighted by molar-refractivity contribution is 5.95. The molecule has 2 heterocycles. The zero-order valence-electron chi connectivity index (χ0n) is 12.6. The van der Waals surface area contributed by atoms with Gasteiger partial charge in [0.25, 0.3) is 0 Å². The third-order valence-corrected chi connectivity index (χ3v) is 5.27. The van der Waals surface area contributed by atoms with Crippen molar-refractivity contribution in [1.29, 1.82) is 0 Å². The molecule has 4 aliphatic rings. The van der Waals surface area contributed by atoms with Gasteiger partial charge in [0.1, 0.15) is 0 Å². The van der Waals surface area contributed by atoms with Gasteiger partial charge in [-0.3, -0.25) is 4.79 Å². The molecule has 0 radical (unpaired) electrons. The van der Waals surface area contributed by atoms with Crippen molar-refractivity contribution in [2.24, 2.45) is 17.6 Å². The van der Waals surface area contributed by atoms with Crippen molar-refractivity contribution in [3.8, 4) is 0 Å². The van der Waals surface area contributed by atoms with Crippen LogP contribution in [0.5, 0.6) is 0 Å². The van der Waals surface area contributed by atoms with E-state index in [2.05, 4.69) is 11.4 Å². The van der Waals surface area contributed by atoms with Gasteiger partial charge < -0.3 is 20.5 Å². The van der Waals surface area contributed by atoms with Crippen molar-refractivity contribution >= 4 is 5.91 Å². The van der Waals surface area contributed by atoms with E-state index in [4.69, 9.17) is 15.2 Å². The van der Waals surface area contributed by atoms with Crippen LogP contribution in [-0.2, 0) is 14.3 Å². The lowest BCUT2D eigenvalue weighted by Gasteiger charge is -2.38. The average Bonchev–Trinajstić information content (AvgIpc) is 2.87. The summed E-state index contributed by atoms with van der Waals surface area (Å²) in [5.74, 6) is -0.0218. The van der Waals surface area contributed by atoms with Crippen LogP contribution in [0.4, 0.5) is 0 Å². The van der Waals surface area contributed by atoms with Crippen LogP contribution in [0.15, 0.2) is 34.9 Å². The summed E-state index contributed by atoms with van der Waals surface area (Å²) < 4.78 is 11.8. The molecular weight excluding hydrogens is 280 g/mol. The van der Waals surface area contributed by atoms with Crippen molar-refractivity contribution in [2.75, 3.05) is 26.3 Å². The van der Waals surface area contributed by atoms with Gasteiger partial charge in [-0.2, -0.15) is 0 Å². The topological polar surface area (TPSA) is 73.6 Å². The molecule has 1 saturated carbocycles. The van der Waals surface area contributed by atoms with Gasteiger partial charge in [-0.15, -0.1) is 0 Å². The molecule has 0 aromatic carbocycles. The van der Waals surface area contributed by atoms with E-state index >= 15 is 0 Å². The van der Waals surface area contributed by atoms with Crippen LogP contribution in [0.3, 0.4) is 0 Å². The number of nitrogens with two attached hydrogens (primary N) is 1. The number of rotatable bonds is 1. The monoisotopic (exact) mass is 302 g/mol. The predicted molar refractivity (Wildman–Crippen MR) is 81.8 cm³/mol. The van der Waals surface area contributed by atoms with Gasteiger partial charge in [-0.05, 0) is 24.0 Å². The molecule has 3 N–H and O–H groups in total. The lowest BCUT2D eigenvalue weighted by Crippen LogP contribution is -2.40. The number of fused-ring (bicyclic) bond motifs is 2. The Morgan fingerprint density at radius 2 is 2.09 bits per heavy atom. The van der Waals surface area contributed by atoms with Crippen molar-refractivity contribution < 1.29 is 14.3 Å². The van der Waals surface area contributed by atoms with Crippen LogP contribution in [0, 0.1) is 11.8 Å². The first-order valence-corrected chi connectivity index (χ1v) is 8.08. The van der Waals surface area contributed by atoms with Gasteiger partial charge in [-0.25, -0.2) is 0 Å². The number of carbonyl (C=O) groups excluding carboxylic acids is 1. The fraction of sp³-hybridized carbons (Fsp3) is 0.588. The first-order chi connectivity index (χ1) is 10.7. The average molecular weight is 302 g/mol. The van der Waals surface area contributed by atoms with E-state index in [1.165, 1.54) is 11.1 Å². The van der Waals surface area contributed by atoms with E-state index in [0.29, 0.717) is 24.7 Å². The smallest absolute Gasteiger partial charge is 0.248 e. The van der Waals surface area contributed by atoms with Gasteiger partial charge in [-0.1, -0.05) is 17.7 Å². The Morgan fingerprint density at radius 3 is 2.86 bits per heavy atom. The van der Waals surface area contributed by atoms with Gasteiger partial charge >= 0.3 is 0 Å². The van der Waals surface area contributed by atoms with Crippen LogP contribution < -0.4 is 11.1 Å². The third kappa shape index (κ3) is 2.33. The summed E-state index contributed by atoms with van der Waals surface area (Å²) in [5, 5.41) is 3.53. The Morgan fingerprint density at radius 1 is 1.27 bits per heavy atom. The number of amides is 1. The molecule has 1 amide bonds. The van der Waals surface area contributed by atoms with Crippen LogP contribution >= 0.6 is 0 Å². The summed E-state index contributed by atoms with van der Waals surface area (Å²) in [6.45, 7) is 3.21. The van der Waals surface area contributed by atoms with E-state index in [9.17, 15) is 4.79 Å². The molecule has 1 spiro atoms. The normalized spacial score (nSPS) is 33.2. The van der Waals surface area contributed by atoms with E-state index < -0.39 is 0 Å². The molecule has 2 aliphatic carbocycles. The van der Waals surface area contributed by atoms with E-state index in [1.807, 2.05) is 12.2 Å². The zero-order chi connectivity index (χ0) is 15.2. The second-order valence-corrected chi connectivity index (χ2v) is 6.57. The number of nitrogens with one attached hydrogen (secondary N) is 1. The highest BCUT2D eigenvalue weighted by Gasteiger charge is 2.44. The molecule has 2 atom stereocenters. The molecule has 5 heteroatoms. The number of primary amides is 1. The highest BCUT2D eigenvalue weighted by Crippen LogP contribution is 2.45. The van der Waals surface area contributed by atoms with Crippen molar-refractivity contribution in [3.63, 3.8) is 0 Å². The minimum Gasteiger partial charge on any atom is -0.366 e. The Hall–Kier alpha value is -1.43. The third-order valence-electron chi connectivity index (χ3n) is 5.27. The molecule has 2 aliphatic heterocycles. The van der Waals surface area contributed by atoms with Crippen molar-refractivity contribution in [1.82, 2.24) is 5.32 Å². The molecule has 118 valence electrons. The summed E-state index contributed by atoms with van der Waals surface area (Å²) in [5.41, 5.74) is 8.88. The lowest BCUT2D eigenvalue weighted by atomic mass is 9.75. The maximum Gasteiger partial charge on any atom is 0.248 e. The Balaban J connectivity index is 1.64. The quantitative estimate of drug-likeness (QED) is 0.759. The molecule has 1 saturated heterocycles. The zero-order valence-corrected chi connectivity index (χ0v) is 12.6. The lowest BCUT2D eigenvalue weighted by molar-refractivity contribution is -0.179. The molecule has 2 unspecified atom stereocenters. The van der Waals surface area contributed by atoms with Crippen molar-refractivity contribution in [3.05, 3.63) is 34.9 Å². The highest BCUT2D eigenvalue weighted by atomic mass is 16.7. The van der Waals surface area contributed by atoms with E-state index in [-0.39, 0.29) is 17.6 Å². The van der Waals surface area contributed by atoms with E-state index in [0.717, 1.165) is 32.4 Å². The summed E-state index contributed by atoms with van der Waals surface area (Å²) in [7, 11) is 0. The molecule has 0 bridgehead atoms. The predicted octanol–water partition coefficient (Wildman–Crippen LogP) is 1.03. The first kappa shape index (κ1) is 14.2. The minimum absolute atomic E-state index is 0.243. The Bertz CT molecular complexity index is 585. The largest absolute Gasteiger partial charge is 0.366 e. The molecule has 0 aromatic rings. The summed E-state index contributed by atoms with van der Waals surface area (Å²) in [6.07, 6.45) is 8.81. The number of carbonyl (C=O) groups is 1. The number of hydrogen-bond acceptors (Lipinski definition) is 4. The van der Waals surface area contributed by atoms with Crippen LogP contribution in [0.25, 0.3) is 0 Å². The summed E-state index contributed by atoms with van der Waals surface area (Å²) >= 11 is 0. The van der Waals surface area contributed by atoms with Gasteiger partial charge in [0.2, 0.25) is 5.91 Å². The Labute approximate surface area is 130 Å². The fourth-order valence-corrected chi connectivity index (χ4v) is 4.22. The standard InChI is InChI=1S/C17H22N2O3/c18-16(20)11-1-2-14-12(7-11)9-19-10-13-8-17(4-3-15(13)14)21-5-6-22-17/h1-2,7,12-13,19H,3-6,8-10H2,(H2,18,20). The van der Waals surface area contributed by atoms with Gasteiger partial charge in [0.05, 0.1) is 13.2 Å². The molecule has 2 fully saturated rings. The van der Waals surface area contributed by atoms with Crippen LogP contribution in [0.2, 0.25) is 0 Å². The second kappa shape index (κ2) is 5.33. The number of allylic oxidation sites excluding steroid dienone is 1. The molecule has 22 heavy (non-hydrogen) atoms. The summed E-state index contributed by atoms with van der Waals surface area (Å²) in [6, 6.07) is 0. The van der Waals surface area contributed by atoms with E-state index in [1.54, 1.807) is 0 Å². The van der Waals surface area contributed by atoms with Crippen LogP contribution in [-0.4, -0.2) is 38.0 Å². The first-order valence-electron chi connectivity index (χ1n) is 8.08. The molecule has 4 rings (SSSR count). The molecule has 5 nitrogen and oxygen atoms in total. The molecular formula is C17H22N2O3. The maximum atomic E-state index is 11.4. The van der Waals surface area contributed by atoms with Crippen molar-refractivity contribution in [2.45, 2.75) is 25.0 Å². The Kier molecular flexibility index (Phi) is 3.44. The van der Waals surface area contributed by atoms with Gasteiger partial charge in [0.15, 0.2) is 5.79 Å². The fourth-order valence-electron chi connectivity index (χ4n) is 4.22. The SMILES string of the molecule is NC(=O)C1=CC2CNCC3CC4(CCC3=C2C=C1)OCCO4.